The van der Waals surface area contributed by atoms with Crippen molar-refractivity contribution in [2.24, 2.45) is 0 Å². The second-order valence-corrected chi connectivity index (χ2v) is 7.98. The number of aryl methyl sites for hydroxylation is 2. The molecule has 0 saturated heterocycles. The van der Waals surface area contributed by atoms with Crippen molar-refractivity contribution in [3.63, 3.8) is 0 Å². The maximum absolute atomic E-state index is 13.3. The summed E-state index contributed by atoms with van der Waals surface area (Å²) in [6.45, 7) is 3.95. The molecule has 0 radical (unpaired) electrons. The van der Waals surface area contributed by atoms with Gasteiger partial charge in [0.25, 0.3) is 11.8 Å². The van der Waals surface area contributed by atoms with E-state index in [4.69, 9.17) is 0 Å². The molecule has 0 saturated carbocycles. The van der Waals surface area contributed by atoms with Crippen molar-refractivity contribution in [2.45, 2.75) is 18.7 Å². The van der Waals surface area contributed by atoms with Crippen LogP contribution in [0.15, 0.2) is 94.4 Å². The molecule has 0 fully saturated rings. The van der Waals surface area contributed by atoms with E-state index in [1.807, 2.05) is 80.6 Å². The SMILES string of the molecule is Cc1ccc(N2C(=O)C(Nc3cccc(C)c3)=C(Sc3ccccc3)C2=O)cc1. The molecule has 0 unspecified atom stereocenters. The number of nitrogens with one attached hydrogen (secondary N) is 1. The van der Waals surface area contributed by atoms with Crippen molar-refractivity contribution < 1.29 is 9.59 Å². The summed E-state index contributed by atoms with van der Waals surface area (Å²) in [5.74, 6) is -0.665. The van der Waals surface area contributed by atoms with Gasteiger partial charge in [-0.1, -0.05) is 59.8 Å². The number of carbonyl (C=O) groups excluding carboxylic acids is 2. The van der Waals surface area contributed by atoms with Crippen molar-refractivity contribution in [2.75, 3.05) is 10.2 Å². The normalized spacial score (nSPS) is 13.9. The number of carbonyl (C=O) groups is 2. The Bertz CT molecular complexity index is 1110. The Hall–Kier alpha value is -3.31. The second-order valence-electron chi connectivity index (χ2n) is 6.89. The molecule has 1 aliphatic heterocycles. The topological polar surface area (TPSA) is 49.4 Å². The minimum absolute atomic E-state index is 0.301. The average molecular weight is 401 g/mol. The Labute approximate surface area is 174 Å². The van der Waals surface area contributed by atoms with Crippen LogP contribution in [0.5, 0.6) is 0 Å². The lowest BCUT2D eigenvalue weighted by molar-refractivity contribution is -0.120. The van der Waals surface area contributed by atoms with Crippen LogP contribution in [0, 0.1) is 13.8 Å². The zero-order chi connectivity index (χ0) is 20.4. The van der Waals surface area contributed by atoms with Gasteiger partial charge in [-0.25, -0.2) is 4.90 Å². The summed E-state index contributed by atoms with van der Waals surface area (Å²) >= 11 is 1.30. The molecule has 1 N–H and O–H groups in total. The van der Waals surface area contributed by atoms with Crippen LogP contribution in [0.25, 0.3) is 0 Å². The molecule has 0 spiro atoms. The third-order valence-corrected chi connectivity index (χ3v) is 5.67. The maximum atomic E-state index is 13.3. The number of amides is 2. The van der Waals surface area contributed by atoms with E-state index < -0.39 is 0 Å². The molecule has 0 aliphatic carbocycles. The van der Waals surface area contributed by atoms with Gasteiger partial charge in [0.15, 0.2) is 0 Å². The van der Waals surface area contributed by atoms with Crippen LogP contribution < -0.4 is 10.2 Å². The Balaban J connectivity index is 1.74. The fraction of sp³-hybridized carbons (Fsp3) is 0.0833. The van der Waals surface area contributed by atoms with Gasteiger partial charge in [0.1, 0.15) is 10.6 Å². The highest BCUT2D eigenvalue weighted by atomic mass is 32.2. The van der Waals surface area contributed by atoms with Crippen molar-refractivity contribution in [1.82, 2.24) is 0 Å². The first-order valence-corrected chi connectivity index (χ1v) is 10.1. The van der Waals surface area contributed by atoms with Gasteiger partial charge in [0, 0.05) is 10.6 Å². The molecule has 2 amide bonds. The molecule has 144 valence electrons. The first kappa shape index (κ1) is 19.0. The number of anilines is 2. The summed E-state index contributed by atoms with van der Waals surface area (Å²) in [5.41, 5.74) is 3.78. The first-order chi connectivity index (χ1) is 14.0. The van der Waals surface area contributed by atoms with Gasteiger partial charge in [-0.2, -0.15) is 0 Å². The summed E-state index contributed by atoms with van der Waals surface area (Å²) in [5, 5.41) is 3.19. The van der Waals surface area contributed by atoms with E-state index in [2.05, 4.69) is 5.32 Å². The van der Waals surface area contributed by atoms with Crippen molar-refractivity contribution >= 4 is 35.0 Å². The van der Waals surface area contributed by atoms with Gasteiger partial charge in [0.2, 0.25) is 0 Å². The van der Waals surface area contributed by atoms with Crippen LogP contribution in [0.3, 0.4) is 0 Å². The van der Waals surface area contributed by atoms with Gasteiger partial charge in [-0.15, -0.1) is 0 Å². The molecule has 4 rings (SSSR count). The van der Waals surface area contributed by atoms with Crippen LogP contribution in [-0.4, -0.2) is 11.8 Å². The van der Waals surface area contributed by atoms with Crippen LogP contribution >= 0.6 is 11.8 Å². The molecule has 29 heavy (non-hydrogen) atoms. The fourth-order valence-corrected chi connectivity index (χ4v) is 4.06. The Morgan fingerprint density at radius 2 is 1.48 bits per heavy atom. The molecule has 3 aromatic rings. The molecule has 0 aromatic heterocycles. The highest BCUT2D eigenvalue weighted by Gasteiger charge is 2.40. The predicted octanol–water partition coefficient (Wildman–Crippen LogP) is 5.29. The summed E-state index contributed by atoms with van der Waals surface area (Å²) in [7, 11) is 0. The monoisotopic (exact) mass is 400 g/mol. The average Bonchev–Trinajstić information content (AvgIpc) is 2.94. The number of nitrogens with zero attached hydrogens (tertiary/aromatic N) is 1. The van der Waals surface area contributed by atoms with E-state index in [1.165, 1.54) is 16.7 Å². The number of benzene rings is 3. The first-order valence-electron chi connectivity index (χ1n) is 9.29. The van der Waals surface area contributed by atoms with Gasteiger partial charge < -0.3 is 5.32 Å². The highest BCUT2D eigenvalue weighted by Crippen LogP contribution is 2.37. The van der Waals surface area contributed by atoms with E-state index in [9.17, 15) is 9.59 Å². The Morgan fingerprint density at radius 1 is 0.759 bits per heavy atom. The lowest BCUT2D eigenvalue weighted by atomic mass is 10.2. The number of hydrogen-bond acceptors (Lipinski definition) is 4. The lowest BCUT2D eigenvalue weighted by Gasteiger charge is -2.15. The molecular formula is C24H20N2O2S. The van der Waals surface area contributed by atoms with E-state index in [-0.39, 0.29) is 11.8 Å². The van der Waals surface area contributed by atoms with Crippen molar-refractivity contribution in [3.8, 4) is 0 Å². The third kappa shape index (κ3) is 3.96. The Morgan fingerprint density at radius 3 is 2.17 bits per heavy atom. The third-order valence-electron chi connectivity index (χ3n) is 4.58. The van der Waals surface area contributed by atoms with E-state index in [0.29, 0.717) is 16.3 Å². The smallest absolute Gasteiger partial charge is 0.283 e. The highest BCUT2D eigenvalue weighted by molar-refractivity contribution is 8.04. The molecule has 5 heteroatoms. The zero-order valence-corrected chi connectivity index (χ0v) is 17.0. The van der Waals surface area contributed by atoms with Crippen LogP contribution in [0.4, 0.5) is 11.4 Å². The van der Waals surface area contributed by atoms with Crippen molar-refractivity contribution in [1.29, 1.82) is 0 Å². The van der Waals surface area contributed by atoms with Gasteiger partial charge >= 0.3 is 0 Å². The maximum Gasteiger partial charge on any atom is 0.283 e. The quantitative estimate of drug-likeness (QED) is 0.591. The zero-order valence-electron chi connectivity index (χ0n) is 16.2. The molecule has 1 heterocycles. The van der Waals surface area contributed by atoms with Crippen molar-refractivity contribution in [3.05, 3.63) is 101 Å². The molecule has 4 nitrogen and oxygen atoms in total. The van der Waals surface area contributed by atoms with Crippen LogP contribution in [0.2, 0.25) is 0 Å². The number of rotatable bonds is 5. The number of thioether (sulfide) groups is 1. The summed E-state index contributed by atoms with van der Waals surface area (Å²) in [6, 6.07) is 24.7. The van der Waals surface area contributed by atoms with Crippen LogP contribution in [0.1, 0.15) is 11.1 Å². The second kappa shape index (κ2) is 7.97. The molecular weight excluding hydrogens is 380 g/mol. The summed E-state index contributed by atoms with van der Waals surface area (Å²) < 4.78 is 0. The van der Waals surface area contributed by atoms with E-state index in [1.54, 1.807) is 12.1 Å². The van der Waals surface area contributed by atoms with Gasteiger partial charge in [-0.3, -0.25) is 9.59 Å². The molecule has 0 atom stereocenters. The molecule has 3 aromatic carbocycles. The van der Waals surface area contributed by atoms with Gasteiger partial charge in [0.05, 0.1) is 5.69 Å². The molecule has 0 bridgehead atoms. The molecule has 1 aliphatic rings. The lowest BCUT2D eigenvalue weighted by Crippen LogP contribution is -2.32. The minimum Gasteiger partial charge on any atom is -0.350 e. The fourth-order valence-electron chi connectivity index (χ4n) is 3.12. The predicted molar refractivity (Wildman–Crippen MR) is 118 cm³/mol. The van der Waals surface area contributed by atoms with E-state index in [0.717, 1.165) is 21.7 Å². The van der Waals surface area contributed by atoms with Gasteiger partial charge in [-0.05, 0) is 55.8 Å². The number of hydrogen-bond donors (Lipinski definition) is 1. The minimum atomic E-state index is -0.348. The standard InChI is InChI=1S/C24H20N2O2S/c1-16-11-13-19(14-12-16)26-23(27)21(25-18-8-6-7-17(2)15-18)22(24(26)28)29-20-9-4-3-5-10-20/h3-15,25H,1-2H3. The number of imide groups is 1. The Kier molecular flexibility index (Phi) is 5.23. The summed E-state index contributed by atoms with van der Waals surface area (Å²) in [6.07, 6.45) is 0. The van der Waals surface area contributed by atoms with E-state index >= 15 is 0 Å². The van der Waals surface area contributed by atoms with Crippen LogP contribution in [-0.2, 0) is 9.59 Å². The summed E-state index contributed by atoms with van der Waals surface area (Å²) in [4.78, 5) is 29.1. The largest absolute Gasteiger partial charge is 0.350 e.